The Morgan fingerprint density at radius 3 is 2.37 bits per heavy atom. The highest BCUT2D eigenvalue weighted by Crippen LogP contribution is 2.41. The Balaban J connectivity index is 0.000000815. The van der Waals surface area contributed by atoms with Crippen molar-refractivity contribution in [2.75, 3.05) is 13.1 Å². The Labute approximate surface area is 218 Å². The van der Waals surface area contributed by atoms with E-state index < -0.39 is 0 Å². The first-order valence-corrected chi connectivity index (χ1v) is 13.7. The van der Waals surface area contributed by atoms with Crippen LogP contribution in [0.4, 0.5) is 5.69 Å². The molecular formula is C29H34ClN3OS. The fourth-order valence-corrected chi connectivity index (χ4v) is 5.15. The van der Waals surface area contributed by atoms with Crippen LogP contribution in [-0.2, 0) is 0 Å². The Kier molecular flexibility index (Phi) is 10.4. The molecule has 0 saturated carbocycles. The smallest absolute Gasteiger partial charge is 0.265 e. The number of fused-ring (bicyclic) bond motifs is 2. The lowest BCUT2D eigenvalue weighted by atomic mass is 10.0. The summed E-state index contributed by atoms with van der Waals surface area (Å²) in [5, 5.41) is 2.69. The summed E-state index contributed by atoms with van der Waals surface area (Å²) in [5.41, 5.74) is 7.33. The van der Waals surface area contributed by atoms with Crippen molar-refractivity contribution in [2.45, 2.75) is 56.7 Å². The van der Waals surface area contributed by atoms with Crippen LogP contribution < -0.4 is 5.43 Å². The molecule has 1 N–H and O–H groups in total. The Bertz CT molecular complexity index is 1170. The number of amides is 1. The van der Waals surface area contributed by atoms with E-state index in [1.165, 1.54) is 6.42 Å². The van der Waals surface area contributed by atoms with Gasteiger partial charge in [0.25, 0.3) is 5.91 Å². The van der Waals surface area contributed by atoms with E-state index in [0.29, 0.717) is 10.6 Å². The zero-order chi connectivity index (χ0) is 25.2. The zero-order valence-corrected chi connectivity index (χ0v) is 22.5. The Morgan fingerprint density at radius 1 is 0.886 bits per heavy atom. The molecule has 3 aromatic carbocycles. The van der Waals surface area contributed by atoms with Crippen LogP contribution in [0.2, 0.25) is 5.02 Å². The second-order valence-electron chi connectivity index (χ2n) is 7.74. The Hall–Kier alpha value is -2.60. The number of nitrogens with zero attached hydrogens (tertiary/aromatic N) is 2. The number of halogens is 1. The highest BCUT2D eigenvalue weighted by molar-refractivity contribution is 7.99. The first kappa shape index (κ1) is 27.0. The largest absolute Gasteiger partial charge is 0.285 e. The lowest BCUT2D eigenvalue weighted by Crippen LogP contribution is -2.45. The van der Waals surface area contributed by atoms with Gasteiger partial charge in [-0.2, -0.15) is 0 Å². The van der Waals surface area contributed by atoms with Gasteiger partial charge in [-0.1, -0.05) is 87.8 Å². The molecule has 1 saturated heterocycles. The first-order chi connectivity index (χ1) is 17.2. The summed E-state index contributed by atoms with van der Waals surface area (Å²) in [6.45, 7) is 9.80. The number of carbonyl (C=O) groups excluding carboxylic acids is 1. The molecule has 2 aliphatic rings. The third-order valence-electron chi connectivity index (χ3n) is 5.53. The average molecular weight is 508 g/mol. The summed E-state index contributed by atoms with van der Waals surface area (Å²) >= 11 is 7.95. The number of carbonyl (C=O) groups is 1. The molecule has 0 aliphatic carbocycles. The van der Waals surface area contributed by atoms with Crippen molar-refractivity contribution in [3.8, 4) is 0 Å². The van der Waals surface area contributed by atoms with Gasteiger partial charge in [0, 0.05) is 44.6 Å². The molecule has 0 aromatic heterocycles. The summed E-state index contributed by atoms with van der Waals surface area (Å²) < 4.78 is 0. The molecule has 6 heteroatoms. The molecular weight excluding hydrogens is 474 g/mol. The maximum absolute atomic E-state index is 12.9. The van der Waals surface area contributed by atoms with Gasteiger partial charge in [-0.05, 0) is 49.2 Å². The van der Waals surface area contributed by atoms with E-state index in [9.17, 15) is 4.79 Å². The molecule has 4 nitrogen and oxygen atoms in total. The van der Waals surface area contributed by atoms with E-state index >= 15 is 0 Å². The molecule has 0 unspecified atom stereocenters. The fourth-order valence-electron chi connectivity index (χ4n) is 3.95. The Morgan fingerprint density at radius 2 is 1.63 bits per heavy atom. The molecule has 2 heterocycles. The molecule has 1 fully saturated rings. The second-order valence-corrected chi connectivity index (χ2v) is 9.26. The van der Waals surface area contributed by atoms with Crippen LogP contribution in [0.3, 0.4) is 0 Å². The van der Waals surface area contributed by atoms with Crippen LogP contribution in [0.1, 0.15) is 68.4 Å². The van der Waals surface area contributed by atoms with Gasteiger partial charge in [-0.3, -0.25) is 10.2 Å². The third kappa shape index (κ3) is 6.75. The highest BCUT2D eigenvalue weighted by Gasteiger charge is 2.21. The third-order valence-corrected chi connectivity index (χ3v) is 6.91. The molecule has 3 aromatic rings. The summed E-state index contributed by atoms with van der Waals surface area (Å²) in [6, 6.07) is 21.7. The number of piperidine rings is 1. The first-order valence-electron chi connectivity index (χ1n) is 12.5. The molecule has 1 amide bonds. The monoisotopic (exact) mass is 507 g/mol. The fraction of sp³-hybridized carbons (Fsp3) is 0.310. The molecule has 0 atom stereocenters. The van der Waals surface area contributed by atoms with Gasteiger partial charge in [0.15, 0.2) is 0 Å². The number of rotatable bonds is 3. The van der Waals surface area contributed by atoms with E-state index in [0.717, 1.165) is 58.2 Å². The quantitative estimate of drug-likeness (QED) is 0.304. The van der Waals surface area contributed by atoms with Crippen molar-refractivity contribution in [3.63, 3.8) is 0 Å². The van der Waals surface area contributed by atoms with E-state index in [1.807, 2.05) is 87.3 Å². The average Bonchev–Trinajstić information content (AvgIpc) is 3.08. The second kappa shape index (κ2) is 13.5. The minimum Gasteiger partial charge on any atom is -0.285 e. The molecule has 35 heavy (non-hydrogen) atoms. The van der Waals surface area contributed by atoms with Crippen molar-refractivity contribution in [2.24, 2.45) is 4.99 Å². The van der Waals surface area contributed by atoms with Crippen molar-refractivity contribution in [1.29, 1.82) is 0 Å². The van der Waals surface area contributed by atoms with Gasteiger partial charge in [0.1, 0.15) is 0 Å². The van der Waals surface area contributed by atoms with E-state index in [1.54, 1.807) is 11.8 Å². The molecule has 0 bridgehead atoms. The van der Waals surface area contributed by atoms with Crippen LogP contribution in [0.5, 0.6) is 0 Å². The van der Waals surface area contributed by atoms with Crippen LogP contribution >= 0.6 is 23.4 Å². The summed E-state index contributed by atoms with van der Waals surface area (Å²) in [4.78, 5) is 20.1. The van der Waals surface area contributed by atoms with E-state index in [2.05, 4.69) is 17.6 Å². The van der Waals surface area contributed by atoms with Crippen LogP contribution in [0.15, 0.2) is 81.5 Å². The van der Waals surface area contributed by atoms with Gasteiger partial charge in [0.2, 0.25) is 0 Å². The van der Waals surface area contributed by atoms with Crippen molar-refractivity contribution < 1.29 is 4.79 Å². The predicted octanol–water partition coefficient (Wildman–Crippen LogP) is 8.16. The number of benzene rings is 3. The van der Waals surface area contributed by atoms with E-state index in [-0.39, 0.29) is 5.91 Å². The van der Waals surface area contributed by atoms with Gasteiger partial charge in [-0.25, -0.2) is 10.0 Å². The van der Waals surface area contributed by atoms with Crippen LogP contribution in [0.25, 0.3) is 0 Å². The number of hydrogen-bond acceptors (Lipinski definition) is 4. The maximum Gasteiger partial charge on any atom is 0.265 e. The summed E-state index contributed by atoms with van der Waals surface area (Å²) in [5.74, 6) is -0.0871. The van der Waals surface area contributed by atoms with Crippen molar-refractivity contribution in [3.05, 3.63) is 88.4 Å². The normalized spacial score (nSPS) is 14.5. The minimum absolute atomic E-state index is 0.0871. The van der Waals surface area contributed by atoms with Crippen molar-refractivity contribution >= 4 is 40.7 Å². The maximum atomic E-state index is 12.9. The lowest BCUT2D eigenvalue weighted by molar-refractivity contribution is 0.0750. The summed E-state index contributed by atoms with van der Waals surface area (Å²) in [7, 11) is 0. The lowest BCUT2D eigenvalue weighted by Gasteiger charge is -2.26. The SMILES string of the molecule is CC.CC.O=C(NN1CCCCC1)c1ccc2c(c1)N=C(c1cccc(Cl)c1)c1ccccc1S2. The molecule has 0 spiro atoms. The standard InChI is InChI=1S/C25H22ClN3OS.2C2H6/c26-19-8-6-7-17(15-19)24-20-9-2-3-10-22(20)31-23-12-11-18(16-21(23)27-24)25(30)28-29-13-4-1-5-14-29;2*1-2/h2-3,6-12,15-16H,1,4-5,13-14H2,(H,28,30);2*1-2H3. The molecule has 5 rings (SSSR count). The van der Waals surface area contributed by atoms with Gasteiger partial charge in [0.05, 0.1) is 11.4 Å². The topological polar surface area (TPSA) is 44.7 Å². The van der Waals surface area contributed by atoms with E-state index in [4.69, 9.17) is 16.6 Å². The van der Waals surface area contributed by atoms with Gasteiger partial charge < -0.3 is 0 Å². The zero-order valence-electron chi connectivity index (χ0n) is 21.0. The molecule has 184 valence electrons. The van der Waals surface area contributed by atoms with Crippen LogP contribution in [-0.4, -0.2) is 29.7 Å². The highest BCUT2D eigenvalue weighted by atomic mass is 35.5. The summed E-state index contributed by atoms with van der Waals surface area (Å²) in [6.07, 6.45) is 3.46. The number of hydrazine groups is 1. The molecule has 0 radical (unpaired) electrons. The minimum atomic E-state index is -0.0871. The number of nitrogens with one attached hydrogen (secondary N) is 1. The number of hydrogen-bond donors (Lipinski definition) is 1. The van der Waals surface area contributed by atoms with Gasteiger partial charge >= 0.3 is 0 Å². The predicted molar refractivity (Wildman–Crippen MR) is 149 cm³/mol. The number of aliphatic imine (C=N–C) groups is 1. The van der Waals surface area contributed by atoms with Gasteiger partial charge in [-0.15, -0.1) is 0 Å². The van der Waals surface area contributed by atoms with Crippen LogP contribution in [0, 0.1) is 0 Å². The van der Waals surface area contributed by atoms with Crippen molar-refractivity contribution in [1.82, 2.24) is 10.4 Å². The molecule has 2 aliphatic heterocycles.